The molecule has 0 radical (unpaired) electrons. The highest BCUT2D eigenvalue weighted by atomic mass is 15.1. The van der Waals surface area contributed by atoms with E-state index in [1.807, 2.05) is 31.3 Å². The lowest BCUT2D eigenvalue weighted by Crippen LogP contribution is -2.14. The number of anilines is 3. The van der Waals surface area contributed by atoms with Crippen molar-refractivity contribution in [2.75, 3.05) is 24.2 Å². The van der Waals surface area contributed by atoms with Gasteiger partial charge in [-0.1, -0.05) is 82.5 Å². The molecule has 0 spiro atoms. The third-order valence-electron chi connectivity index (χ3n) is 7.06. The van der Waals surface area contributed by atoms with Crippen molar-refractivity contribution in [2.24, 2.45) is 0 Å². The molecule has 0 amide bonds. The Morgan fingerprint density at radius 2 is 1.56 bits per heavy atom. The number of nitrogens with one attached hydrogen (secondary N) is 2. The number of aromatic nitrogens is 2. The second kappa shape index (κ2) is 11.6. The molecule has 5 nitrogen and oxygen atoms in total. The average molecular weight is 518 g/mol. The monoisotopic (exact) mass is 517 g/mol. The van der Waals surface area contributed by atoms with Crippen molar-refractivity contribution in [2.45, 2.75) is 40.0 Å². The van der Waals surface area contributed by atoms with E-state index in [9.17, 15) is 0 Å². The second-order valence-corrected chi connectivity index (χ2v) is 10.8. The Morgan fingerprint density at radius 1 is 0.897 bits per heavy atom. The number of hydrogen-bond acceptors (Lipinski definition) is 5. The summed E-state index contributed by atoms with van der Waals surface area (Å²) in [4.78, 5) is 11.4. The summed E-state index contributed by atoms with van der Waals surface area (Å²) in [5, 5.41) is 6.84. The fourth-order valence-electron chi connectivity index (χ4n) is 4.31. The van der Waals surface area contributed by atoms with Gasteiger partial charge in [0, 0.05) is 48.1 Å². The quantitative estimate of drug-likeness (QED) is 0.233. The molecule has 0 saturated carbocycles. The Labute approximate surface area is 233 Å². The van der Waals surface area contributed by atoms with Gasteiger partial charge in [-0.2, -0.15) is 0 Å². The first-order valence-corrected chi connectivity index (χ1v) is 13.3. The molecular formula is C34H39N5. The van der Waals surface area contributed by atoms with E-state index in [0.717, 1.165) is 57.3 Å². The summed E-state index contributed by atoms with van der Waals surface area (Å²) in [7, 11) is 2.04. The van der Waals surface area contributed by atoms with Gasteiger partial charge in [-0.25, -0.2) is 9.97 Å². The van der Waals surface area contributed by atoms with Gasteiger partial charge in [-0.15, -0.1) is 0 Å². The molecule has 4 aromatic rings. The molecule has 5 heteroatoms. The molecule has 0 atom stereocenters. The van der Waals surface area contributed by atoms with E-state index in [4.69, 9.17) is 4.98 Å². The predicted octanol–water partition coefficient (Wildman–Crippen LogP) is 8.50. The normalized spacial score (nSPS) is 11.1. The molecule has 1 aromatic heterocycles. The fraction of sp³-hybridized carbons (Fsp3) is 0.235. The first-order valence-electron chi connectivity index (χ1n) is 13.3. The highest BCUT2D eigenvalue weighted by Crippen LogP contribution is 2.31. The Balaban J connectivity index is 1.50. The zero-order valence-corrected chi connectivity index (χ0v) is 24.0. The Morgan fingerprint density at radius 3 is 2.21 bits per heavy atom. The molecule has 200 valence electrons. The van der Waals surface area contributed by atoms with E-state index < -0.39 is 0 Å². The zero-order chi connectivity index (χ0) is 28.2. The minimum absolute atomic E-state index is 0.119. The molecule has 39 heavy (non-hydrogen) atoms. The van der Waals surface area contributed by atoms with Crippen LogP contribution in [0.25, 0.3) is 22.7 Å². The smallest absolute Gasteiger partial charge is 0.227 e. The molecule has 0 bridgehead atoms. The Bertz CT molecular complexity index is 1460. The maximum atomic E-state index is 4.81. The van der Waals surface area contributed by atoms with Crippen molar-refractivity contribution in [3.8, 4) is 11.3 Å². The minimum Gasteiger partial charge on any atom is -0.375 e. The van der Waals surface area contributed by atoms with Gasteiger partial charge in [-0.3, -0.25) is 0 Å². The molecule has 0 fully saturated rings. The van der Waals surface area contributed by atoms with Gasteiger partial charge in [0.05, 0.1) is 5.69 Å². The van der Waals surface area contributed by atoms with Gasteiger partial charge < -0.3 is 15.5 Å². The summed E-state index contributed by atoms with van der Waals surface area (Å²) in [6, 6.07) is 24.9. The van der Waals surface area contributed by atoms with Gasteiger partial charge in [0.15, 0.2) is 0 Å². The van der Waals surface area contributed by atoms with Crippen molar-refractivity contribution >= 4 is 28.7 Å². The van der Waals surface area contributed by atoms with E-state index in [0.29, 0.717) is 5.95 Å². The molecule has 0 aliphatic carbocycles. The summed E-state index contributed by atoms with van der Waals surface area (Å²) < 4.78 is 0. The van der Waals surface area contributed by atoms with Crippen molar-refractivity contribution < 1.29 is 0 Å². The molecule has 0 aliphatic heterocycles. The van der Waals surface area contributed by atoms with E-state index in [-0.39, 0.29) is 5.41 Å². The van der Waals surface area contributed by atoms with Crippen LogP contribution >= 0.6 is 0 Å². The maximum absolute atomic E-state index is 4.81. The molecule has 4 rings (SSSR count). The Hall–Kier alpha value is -4.38. The largest absolute Gasteiger partial charge is 0.375 e. The van der Waals surface area contributed by atoms with Crippen LogP contribution in [-0.2, 0) is 5.41 Å². The molecule has 0 saturated heterocycles. The van der Waals surface area contributed by atoms with Crippen LogP contribution < -0.4 is 10.6 Å². The van der Waals surface area contributed by atoms with Gasteiger partial charge >= 0.3 is 0 Å². The lowest BCUT2D eigenvalue weighted by atomic mass is 9.86. The molecule has 1 heterocycles. The third-order valence-corrected chi connectivity index (χ3v) is 7.06. The van der Waals surface area contributed by atoms with Gasteiger partial charge in [0.2, 0.25) is 5.95 Å². The van der Waals surface area contributed by atoms with E-state index in [1.165, 1.54) is 5.56 Å². The van der Waals surface area contributed by atoms with Crippen LogP contribution in [0, 0.1) is 6.92 Å². The van der Waals surface area contributed by atoms with Crippen LogP contribution in [0.2, 0.25) is 0 Å². The van der Waals surface area contributed by atoms with Crippen LogP contribution in [0.15, 0.2) is 92.2 Å². The Kier molecular flexibility index (Phi) is 8.20. The predicted molar refractivity (Wildman–Crippen MR) is 167 cm³/mol. The first kappa shape index (κ1) is 27.6. The first-order chi connectivity index (χ1) is 18.6. The third kappa shape index (κ3) is 6.55. The van der Waals surface area contributed by atoms with Gasteiger partial charge in [-0.05, 0) is 65.8 Å². The summed E-state index contributed by atoms with van der Waals surface area (Å²) >= 11 is 0. The van der Waals surface area contributed by atoms with E-state index in [2.05, 4.69) is 117 Å². The average Bonchev–Trinajstić information content (AvgIpc) is 2.93. The lowest BCUT2D eigenvalue weighted by Gasteiger charge is -2.20. The van der Waals surface area contributed by atoms with E-state index in [1.54, 1.807) is 6.20 Å². The SMILES string of the molecule is C=C(Nc1cccc(-c2ccnc(Nc3ccc(C(=C)N(C)CC)cc3)n2)c1C)c1ccc(C(C)(C)C)cc1. The van der Waals surface area contributed by atoms with E-state index >= 15 is 0 Å². The highest BCUT2D eigenvalue weighted by Gasteiger charge is 2.14. The number of hydrogen-bond donors (Lipinski definition) is 2. The summed E-state index contributed by atoms with van der Waals surface area (Å²) in [5.41, 5.74) is 10.3. The topological polar surface area (TPSA) is 53.1 Å². The fourth-order valence-corrected chi connectivity index (χ4v) is 4.31. The van der Waals surface area contributed by atoms with Crippen molar-refractivity contribution in [1.29, 1.82) is 0 Å². The van der Waals surface area contributed by atoms with Crippen LogP contribution in [0.1, 0.15) is 49.9 Å². The van der Waals surface area contributed by atoms with Crippen LogP contribution in [0.3, 0.4) is 0 Å². The summed E-state index contributed by atoms with van der Waals surface area (Å²) in [5.74, 6) is 0.547. The van der Waals surface area contributed by atoms with Crippen LogP contribution in [-0.4, -0.2) is 28.5 Å². The maximum Gasteiger partial charge on any atom is 0.227 e. The molecule has 0 aliphatic rings. The zero-order valence-electron chi connectivity index (χ0n) is 24.0. The number of benzene rings is 3. The summed E-state index contributed by atoms with van der Waals surface area (Å²) in [6.07, 6.45) is 1.78. The number of rotatable bonds is 9. The molecule has 2 N–H and O–H groups in total. The highest BCUT2D eigenvalue weighted by molar-refractivity contribution is 5.81. The van der Waals surface area contributed by atoms with Gasteiger partial charge in [0.1, 0.15) is 0 Å². The molecular weight excluding hydrogens is 478 g/mol. The van der Waals surface area contributed by atoms with Crippen molar-refractivity contribution in [3.63, 3.8) is 0 Å². The van der Waals surface area contributed by atoms with Gasteiger partial charge in [0.25, 0.3) is 0 Å². The lowest BCUT2D eigenvalue weighted by molar-refractivity contribution is 0.510. The second-order valence-electron chi connectivity index (χ2n) is 10.8. The standard InChI is InChI=1S/C34H39N5/c1-9-39(8)25(4)27-15-19-29(20-16-27)37-33-35-22-21-32(38-33)30-11-10-12-31(23(30)2)36-24(3)26-13-17-28(18-14-26)34(5,6)7/h10-22,36H,3-4,9H2,1-2,5-8H3,(H,35,37,38). The number of nitrogens with zero attached hydrogens (tertiary/aromatic N) is 3. The molecule has 3 aromatic carbocycles. The van der Waals surface area contributed by atoms with Crippen molar-refractivity contribution in [3.05, 3.63) is 114 Å². The molecule has 0 unspecified atom stereocenters. The minimum atomic E-state index is 0.119. The van der Waals surface area contributed by atoms with Crippen molar-refractivity contribution in [1.82, 2.24) is 14.9 Å². The van der Waals surface area contributed by atoms with Crippen LogP contribution in [0.5, 0.6) is 0 Å². The van der Waals surface area contributed by atoms with Crippen LogP contribution in [0.4, 0.5) is 17.3 Å². The summed E-state index contributed by atoms with van der Waals surface area (Å²) in [6.45, 7) is 20.3.